The van der Waals surface area contributed by atoms with Crippen LogP contribution >= 0.6 is 23.2 Å². The Hall–Kier alpha value is -1.59. The van der Waals surface area contributed by atoms with Crippen LogP contribution in [0.2, 0.25) is 5.15 Å². The van der Waals surface area contributed by atoms with E-state index in [4.69, 9.17) is 23.2 Å². The number of nitro groups is 1. The number of nitrogens with zero attached hydrogens (tertiary/aromatic N) is 3. The van der Waals surface area contributed by atoms with E-state index in [1.807, 2.05) is 0 Å². The van der Waals surface area contributed by atoms with Gasteiger partial charge < -0.3 is 0 Å². The van der Waals surface area contributed by atoms with Crippen molar-refractivity contribution in [2.24, 2.45) is 0 Å². The van der Waals surface area contributed by atoms with Crippen molar-refractivity contribution < 1.29 is 4.92 Å². The predicted octanol–water partition coefficient (Wildman–Crippen LogP) is 4.05. The number of benzene rings is 1. The third kappa shape index (κ3) is 2.27. The molecule has 1 aromatic heterocycles. The number of aromatic nitrogens is 2. The van der Waals surface area contributed by atoms with Crippen molar-refractivity contribution in [1.82, 2.24) is 9.78 Å². The molecular weight excluding hydrogens is 301 g/mol. The van der Waals surface area contributed by atoms with E-state index in [1.54, 1.807) is 12.1 Å². The fraction of sp³-hybridized carbons (Fsp3) is 0.308. The minimum Gasteiger partial charge on any atom is -0.258 e. The van der Waals surface area contributed by atoms with Crippen LogP contribution in [0.3, 0.4) is 0 Å². The number of nitro benzene ring substituents is 1. The van der Waals surface area contributed by atoms with Crippen LogP contribution < -0.4 is 0 Å². The lowest BCUT2D eigenvalue weighted by Crippen LogP contribution is -1.98. The van der Waals surface area contributed by atoms with Crippen LogP contribution in [0.1, 0.15) is 30.0 Å². The lowest BCUT2D eigenvalue weighted by atomic mass is 10.2. The molecule has 1 fully saturated rings. The maximum absolute atomic E-state index is 10.8. The molecule has 1 aliphatic rings. The fourth-order valence-corrected chi connectivity index (χ4v) is 2.79. The van der Waals surface area contributed by atoms with E-state index in [2.05, 4.69) is 5.10 Å². The van der Waals surface area contributed by atoms with Gasteiger partial charge in [0.05, 0.1) is 22.2 Å². The number of rotatable bonds is 4. The van der Waals surface area contributed by atoms with Crippen molar-refractivity contribution in [2.45, 2.75) is 24.6 Å². The van der Waals surface area contributed by atoms with Gasteiger partial charge >= 0.3 is 0 Å². The van der Waals surface area contributed by atoms with Crippen LogP contribution in [0.15, 0.2) is 24.3 Å². The fourth-order valence-electron chi connectivity index (χ4n) is 2.16. The van der Waals surface area contributed by atoms with Crippen LogP contribution in [-0.4, -0.2) is 14.7 Å². The molecule has 1 heterocycles. The highest BCUT2D eigenvalue weighted by atomic mass is 35.5. The molecule has 0 atom stereocenters. The van der Waals surface area contributed by atoms with Crippen molar-refractivity contribution in [1.29, 1.82) is 0 Å². The molecule has 2 aromatic rings. The Morgan fingerprint density at radius 3 is 2.80 bits per heavy atom. The average molecular weight is 312 g/mol. The predicted molar refractivity (Wildman–Crippen MR) is 76.8 cm³/mol. The first kappa shape index (κ1) is 13.4. The third-order valence-corrected chi connectivity index (χ3v) is 3.99. The summed E-state index contributed by atoms with van der Waals surface area (Å²) in [7, 11) is 0. The van der Waals surface area contributed by atoms with Crippen molar-refractivity contribution in [3.8, 4) is 5.69 Å². The van der Waals surface area contributed by atoms with E-state index in [9.17, 15) is 10.1 Å². The van der Waals surface area contributed by atoms with Crippen molar-refractivity contribution in [3.05, 3.63) is 50.8 Å². The summed E-state index contributed by atoms with van der Waals surface area (Å²) in [6.07, 6.45) is 2.18. The third-order valence-electron chi connectivity index (χ3n) is 3.33. The van der Waals surface area contributed by atoms with Gasteiger partial charge in [-0.1, -0.05) is 17.7 Å². The Morgan fingerprint density at radius 2 is 2.20 bits per heavy atom. The SMILES string of the molecule is O=[N+]([O-])c1cccc(-n2nc(C3CC3)c(CCl)c2Cl)c1. The topological polar surface area (TPSA) is 61.0 Å². The van der Waals surface area contributed by atoms with Crippen molar-refractivity contribution >= 4 is 28.9 Å². The number of halogens is 2. The first-order valence-electron chi connectivity index (χ1n) is 6.20. The van der Waals surface area contributed by atoms with Gasteiger partial charge in [-0.2, -0.15) is 5.10 Å². The average Bonchev–Trinajstić information content (AvgIpc) is 3.23. The zero-order valence-corrected chi connectivity index (χ0v) is 11.9. The van der Waals surface area contributed by atoms with Crippen molar-refractivity contribution in [2.75, 3.05) is 0 Å². The number of hydrogen-bond donors (Lipinski definition) is 0. The van der Waals surface area contributed by atoms with Gasteiger partial charge in [0.2, 0.25) is 0 Å². The van der Waals surface area contributed by atoms with Gasteiger partial charge in [-0.15, -0.1) is 11.6 Å². The minimum absolute atomic E-state index is 0.00876. The molecular formula is C13H11Cl2N3O2. The monoisotopic (exact) mass is 311 g/mol. The maximum Gasteiger partial charge on any atom is 0.271 e. The molecule has 0 amide bonds. The summed E-state index contributed by atoms with van der Waals surface area (Å²) in [5.74, 6) is 0.709. The van der Waals surface area contributed by atoms with Gasteiger partial charge in [-0.3, -0.25) is 10.1 Å². The summed E-state index contributed by atoms with van der Waals surface area (Å²) in [5.41, 5.74) is 2.32. The molecule has 1 saturated carbocycles. The second-order valence-electron chi connectivity index (χ2n) is 4.75. The molecule has 7 heteroatoms. The molecule has 0 radical (unpaired) electrons. The molecule has 0 spiro atoms. The molecule has 104 valence electrons. The van der Waals surface area contributed by atoms with Gasteiger partial charge in [0.25, 0.3) is 5.69 Å². The van der Waals surface area contributed by atoms with Crippen molar-refractivity contribution in [3.63, 3.8) is 0 Å². The van der Waals surface area contributed by atoms with Gasteiger partial charge in [0.15, 0.2) is 0 Å². The lowest BCUT2D eigenvalue weighted by Gasteiger charge is -2.02. The summed E-state index contributed by atoms with van der Waals surface area (Å²) < 4.78 is 1.53. The summed E-state index contributed by atoms with van der Waals surface area (Å²) >= 11 is 12.3. The van der Waals surface area contributed by atoms with E-state index < -0.39 is 4.92 Å². The van der Waals surface area contributed by atoms with Crippen LogP contribution in [0.4, 0.5) is 5.69 Å². The zero-order valence-electron chi connectivity index (χ0n) is 10.4. The quantitative estimate of drug-likeness (QED) is 0.486. The van der Waals surface area contributed by atoms with Gasteiger partial charge in [0.1, 0.15) is 5.15 Å². The Balaban J connectivity index is 2.10. The molecule has 0 bridgehead atoms. The molecule has 20 heavy (non-hydrogen) atoms. The summed E-state index contributed by atoms with van der Waals surface area (Å²) in [4.78, 5) is 10.4. The highest BCUT2D eigenvalue weighted by Gasteiger charge is 2.31. The van der Waals surface area contributed by atoms with E-state index in [1.165, 1.54) is 16.8 Å². The number of hydrogen-bond acceptors (Lipinski definition) is 3. The Morgan fingerprint density at radius 1 is 1.45 bits per heavy atom. The number of alkyl halides is 1. The first-order chi connectivity index (χ1) is 9.61. The lowest BCUT2D eigenvalue weighted by molar-refractivity contribution is -0.384. The molecule has 5 nitrogen and oxygen atoms in total. The van der Waals surface area contributed by atoms with Crippen LogP contribution in [0.25, 0.3) is 5.69 Å². The van der Waals surface area contributed by atoms with Crippen LogP contribution in [0.5, 0.6) is 0 Å². The standard InChI is InChI=1S/C13H11Cl2N3O2/c14-7-11-12(8-4-5-8)16-17(13(11)15)9-2-1-3-10(6-9)18(19)20/h1-3,6,8H,4-5,7H2. The Labute approximate surface area is 125 Å². The zero-order chi connectivity index (χ0) is 14.3. The van der Waals surface area contributed by atoms with Gasteiger partial charge in [-0.05, 0) is 18.9 Å². The second kappa shape index (κ2) is 5.07. The van der Waals surface area contributed by atoms with E-state index in [0.29, 0.717) is 22.6 Å². The number of non-ortho nitro benzene ring substituents is 1. The largest absolute Gasteiger partial charge is 0.271 e. The molecule has 0 saturated heterocycles. The highest BCUT2D eigenvalue weighted by molar-refractivity contribution is 6.31. The minimum atomic E-state index is -0.439. The maximum atomic E-state index is 10.8. The van der Waals surface area contributed by atoms with Crippen LogP contribution in [-0.2, 0) is 5.88 Å². The summed E-state index contributed by atoms with van der Waals surface area (Å²) in [6.45, 7) is 0. The molecule has 1 aromatic carbocycles. The Bertz CT molecular complexity index is 680. The molecule has 3 rings (SSSR count). The Kier molecular flexibility index (Phi) is 3.40. The molecule has 0 unspecified atom stereocenters. The van der Waals surface area contributed by atoms with Gasteiger partial charge in [-0.25, -0.2) is 4.68 Å². The normalized spacial score (nSPS) is 14.5. The van der Waals surface area contributed by atoms with E-state index >= 15 is 0 Å². The van der Waals surface area contributed by atoms with E-state index in [-0.39, 0.29) is 5.69 Å². The molecule has 1 aliphatic carbocycles. The highest BCUT2D eigenvalue weighted by Crippen LogP contribution is 2.43. The summed E-state index contributed by atoms with van der Waals surface area (Å²) in [6, 6.07) is 6.24. The van der Waals surface area contributed by atoms with Crippen LogP contribution in [0, 0.1) is 10.1 Å². The smallest absolute Gasteiger partial charge is 0.258 e. The molecule has 0 aliphatic heterocycles. The second-order valence-corrected chi connectivity index (χ2v) is 5.38. The summed E-state index contributed by atoms with van der Waals surface area (Å²) in [5, 5.41) is 15.8. The van der Waals surface area contributed by atoms with E-state index in [0.717, 1.165) is 24.1 Å². The first-order valence-corrected chi connectivity index (χ1v) is 7.11. The van der Waals surface area contributed by atoms with Gasteiger partial charge in [0, 0.05) is 23.6 Å². The molecule has 0 N–H and O–H groups in total.